The van der Waals surface area contributed by atoms with Gasteiger partial charge in [0.2, 0.25) is 0 Å². The second-order valence-corrected chi connectivity index (χ2v) is 6.38. The molecule has 0 aliphatic carbocycles. The number of amides is 3. The molecule has 0 unspecified atom stereocenters. The van der Waals surface area contributed by atoms with Crippen LogP contribution in [0.5, 0.6) is 0 Å². The molecular formula is C18H13ClF2N2O3. The molecule has 1 N–H and O–H groups in total. The minimum atomic E-state index is -1.82. The van der Waals surface area contributed by atoms with Crippen LogP contribution in [0.3, 0.4) is 0 Å². The Morgan fingerprint density at radius 3 is 2.58 bits per heavy atom. The molecule has 1 heterocycles. The Morgan fingerprint density at radius 1 is 1.19 bits per heavy atom. The van der Waals surface area contributed by atoms with Crippen LogP contribution in [0.25, 0.3) is 0 Å². The molecule has 134 valence electrons. The van der Waals surface area contributed by atoms with Gasteiger partial charge in [-0.05, 0) is 37.3 Å². The van der Waals surface area contributed by atoms with Crippen molar-refractivity contribution in [1.29, 1.82) is 0 Å². The second kappa shape index (κ2) is 6.49. The van der Waals surface area contributed by atoms with Crippen LogP contribution in [-0.2, 0) is 10.3 Å². The zero-order valence-corrected chi connectivity index (χ0v) is 14.3. The molecule has 1 saturated heterocycles. The van der Waals surface area contributed by atoms with Gasteiger partial charge in [-0.3, -0.25) is 14.5 Å². The number of hydrogen-bond donors (Lipinski definition) is 1. The van der Waals surface area contributed by atoms with Crippen LogP contribution in [0.15, 0.2) is 42.5 Å². The first-order valence-electron chi connectivity index (χ1n) is 7.61. The Kier molecular flexibility index (Phi) is 4.50. The molecule has 0 spiro atoms. The zero-order chi connectivity index (χ0) is 19.1. The van der Waals surface area contributed by atoms with Gasteiger partial charge in [0.15, 0.2) is 5.78 Å². The molecule has 1 aliphatic rings. The fourth-order valence-electron chi connectivity index (χ4n) is 2.82. The maximum atomic E-state index is 14.1. The third-order valence-electron chi connectivity index (χ3n) is 4.22. The molecule has 26 heavy (non-hydrogen) atoms. The average molecular weight is 379 g/mol. The smallest absolute Gasteiger partial charge is 0.319 e. The number of carbonyl (C=O) groups is 3. The molecule has 0 aromatic heterocycles. The van der Waals surface area contributed by atoms with Gasteiger partial charge in [-0.15, -0.1) is 0 Å². The van der Waals surface area contributed by atoms with Crippen molar-refractivity contribution in [2.75, 3.05) is 6.54 Å². The Hall–Kier alpha value is -2.80. The molecule has 3 amide bonds. The summed E-state index contributed by atoms with van der Waals surface area (Å²) in [5, 5.41) is 2.52. The van der Waals surface area contributed by atoms with E-state index in [0.29, 0.717) is 4.90 Å². The van der Waals surface area contributed by atoms with Crippen molar-refractivity contribution in [3.8, 4) is 0 Å². The topological polar surface area (TPSA) is 66.5 Å². The maximum Gasteiger partial charge on any atom is 0.325 e. The Labute approximate surface area is 152 Å². The highest BCUT2D eigenvalue weighted by atomic mass is 35.5. The molecule has 1 atom stereocenters. The van der Waals surface area contributed by atoms with Crippen molar-refractivity contribution < 1.29 is 23.2 Å². The quantitative estimate of drug-likeness (QED) is 0.656. The van der Waals surface area contributed by atoms with Crippen LogP contribution in [-0.4, -0.2) is 29.2 Å². The summed E-state index contributed by atoms with van der Waals surface area (Å²) in [5.41, 5.74) is -1.98. The molecule has 3 rings (SSSR count). The lowest BCUT2D eigenvalue weighted by Gasteiger charge is -2.22. The molecule has 1 fully saturated rings. The highest BCUT2D eigenvalue weighted by Crippen LogP contribution is 2.31. The van der Waals surface area contributed by atoms with Crippen LogP contribution in [0.2, 0.25) is 5.02 Å². The SMILES string of the molecule is C[C@@]1(c2cc(F)ccc2F)NC(=O)N(CC(=O)c2ccccc2Cl)C1=O. The first-order chi connectivity index (χ1) is 12.2. The molecule has 5 nitrogen and oxygen atoms in total. The van der Waals surface area contributed by atoms with Gasteiger partial charge in [0, 0.05) is 11.1 Å². The van der Waals surface area contributed by atoms with E-state index in [1.165, 1.54) is 19.1 Å². The molecule has 1 aliphatic heterocycles. The third kappa shape index (κ3) is 2.94. The first-order valence-corrected chi connectivity index (χ1v) is 7.99. The van der Waals surface area contributed by atoms with E-state index in [1.807, 2.05) is 0 Å². The van der Waals surface area contributed by atoms with Crippen molar-refractivity contribution in [1.82, 2.24) is 10.2 Å². The van der Waals surface area contributed by atoms with Crippen molar-refractivity contribution in [3.63, 3.8) is 0 Å². The molecule has 8 heteroatoms. The van der Waals surface area contributed by atoms with Crippen LogP contribution in [0.1, 0.15) is 22.8 Å². The molecule has 2 aromatic carbocycles. The second-order valence-electron chi connectivity index (χ2n) is 5.97. The summed E-state index contributed by atoms with van der Waals surface area (Å²) in [6, 6.07) is 7.94. The van der Waals surface area contributed by atoms with Gasteiger partial charge in [-0.2, -0.15) is 0 Å². The normalized spacial score (nSPS) is 19.6. The van der Waals surface area contributed by atoms with Crippen LogP contribution >= 0.6 is 11.6 Å². The summed E-state index contributed by atoms with van der Waals surface area (Å²) in [6.07, 6.45) is 0. The summed E-state index contributed by atoms with van der Waals surface area (Å²) in [5.74, 6) is -3.01. The van der Waals surface area contributed by atoms with Gasteiger partial charge in [-0.1, -0.05) is 23.7 Å². The lowest BCUT2D eigenvalue weighted by molar-refractivity contribution is -0.130. The van der Waals surface area contributed by atoms with Crippen LogP contribution in [0, 0.1) is 11.6 Å². The highest BCUT2D eigenvalue weighted by molar-refractivity contribution is 6.34. The predicted octanol–water partition coefficient (Wildman–Crippen LogP) is 3.27. The van der Waals surface area contributed by atoms with Gasteiger partial charge in [0.1, 0.15) is 17.2 Å². The number of nitrogens with one attached hydrogen (secondary N) is 1. The number of hydrogen-bond acceptors (Lipinski definition) is 3. The van der Waals surface area contributed by atoms with E-state index in [-0.39, 0.29) is 16.1 Å². The number of Topliss-reactive ketones (excluding diaryl/α,β-unsaturated/α-hetero) is 1. The number of carbonyl (C=O) groups excluding carboxylic acids is 3. The van der Waals surface area contributed by atoms with E-state index < -0.39 is 41.4 Å². The van der Waals surface area contributed by atoms with E-state index in [0.717, 1.165) is 18.2 Å². The fraction of sp³-hybridized carbons (Fsp3) is 0.167. The molecule has 0 bridgehead atoms. The first kappa shape index (κ1) is 18.0. The number of imide groups is 1. The van der Waals surface area contributed by atoms with E-state index in [2.05, 4.69) is 5.32 Å². The third-order valence-corrected chi connectivity index (χ3v) is 4.55. The Balaban J connectivity index is 1.91. The lowest BCUT2D eigenvalue weighted by atomic mass is 9.91. The van der Waals surface area contributed by atoms with E-state index in [9.17, 15) is 23.2 Å². The van der Waals surface area contributed by atoms with E-state index >= 15 is 0 Å². The predicted molar refractivity (Wildman–Crippen MR) is 89.7 cm³/mol. The Morgan fingerprint density at radius 2 is 1.88 bits per heavy atom. The largest absolute Gasteiger partial charge is 0.325 e. The molecule has 0 saturated carbocycles. The number of ketones is 1. The summed E-state index contributed by atoms with van der Waals surface area (Å²) < 4.78 is 27.6. The summed E-state index contributed by atoms with van der Waals surface area (Å²) in [7, 11) is 0. The van der Waals surface area contributed by atoms with Gasteiger partial charge in [0.05, 0.1) is 11.6 Å². The molecular weight excluding hydrogens is 366 g/mol. The summed E-state index contributed by atoms with van der Waals surface area (Å²) in [6.45, 7) is 0.686. The number of benzene rings is 2. The number of nitrogens with zero attached hydrogens (tertiary/aromatic N) is 1. The van der Waals surface area contributed by atoms with Crippen molar-refractivity contribution in [2.45, 2.75) is 12.5 Å². The fourth-order valence-corrected chi connectivity index (χ4v) is 3.06. The van der Waals surface area contributed by atoms with Gasteiger partial charge < -0.3 is 5.32 Å². The van der Waals surface area contributed by atoms with Crippen molar-refractivity contribution >= 4 is 29.3 Å². The molecule has 0 radical (unpaired) electrons. The minimum absolute atomic E-state index is 0.153. The van der Waals surface area contributed by atoms with E-state index in [1.54, 1.807) is 12.1 Å². The lowest BCUT2D eigenvalue weighted by Crippen LogP contribution is -2.42. The Bertz CT molecular complexity index is 934. The maximum absolute atomic E-state index is 14.1. The number of rotatable bonds is 4. The summed E-state index contributed by atoms with van der Waals surface area (Å²) in [4.78, 5) is 38.0. The van der Waals surface area contributed by atoms with Gasteiger partial charge in [0.25, 0.3) is 5.91 Å². The monoisotopic (exact) mass is 378 g/mol. The van der Waals surface area contributed by atoms with Gasteiger partial charge >= 0.3 is 6.03 Å². The zero-order valence-electron chi connectivity index (χ0n) is 13.6. The average Bonchev–Trinajstić information content (AvgIpc) is 2.81. The van der Waals surface area contributed by atoms with E-state index in [4.69, 9.17) is 11.6 Å². The van der Waals surface area contributed by atoms with Gasteiger partial charge in [-0.25, -0.2) is 13.6 Å². The standard InChI is InChI=1S/C18H13ClF2N2O3/c1-18(12-8-10(20)6-7-14(12)21)16(25)23(17(26)22-18)9-15(24)11-4-2-3-5-13(11)19/h2-8H,9H2,1H3,(H,22,26)/t18-/m0/s1. The minimum Gasteiger partial charge on any atom is -0.319 e. The van der Waals surface area contributed by atoms with Crippen molar-refractivity contribution in [2.24, 2.45) is 0 Å². The van der Waals surface area contributed by atoms with Crippen molar-refractivity contribution in [3.05, 3.63) is 70.2 Å². The summed E-state index contributed by atoms with van der Waals surface area (Å²) >= 11 is 5.95. The molecule has 2 aromatic rings. The highest BCUT2D eigenvalue weighted by Gasteiger charge is 2.50. The van der Waals surface area contributed by atoms with Crippen LogP contribution in [0.4, 0.5) is 13.6 Å². The number of urea groups is 1. The number of halogens is 3. The van der Waals surface area contributed by atoms with Crippen LogP contribution < -0.4 is 5.32 Å².